The normalized spacial score (nSPS) is 11.4. The molecule has 0 fully saturated rings. The third kappa shape index (κ3) is 2.69. The highest BCUT2D eigenvalue weighted by molar-refractivity contribution is 6.33. The molecule has 0 aromatic heterocycles. The summed E-state index contributed by atoms with van der Waals surface area (Å²) in [5, 5.41) is 10.2. The summed E-state index contributed by atoms with van der Waals surface area (Å²) >= 11 is 5.26. The minimum Gasteiger partial charge on any atom is -0.404 e. The van der Waals surface area contributed by atoms with Gasteiger partial charge in [-0.3, -0.25) is 5.11 Å². The summed E-state index contributed by atoms with van der Waals surface area (Å²) in [6.07, 6.45) is -4.84. The number of alkyl halides is 3. The minimum absolute atomic E-state index is 0.570. The number of halogens is 4. The summed E-state index contributed by atoms with van der Waals surface area (Å²) in [5.41, 5.74) is 0. The van der Waals surface area contributed by atoms with E-state index in [0.29, 0.717) is 0 Å². The third-order valence-corrected chi connectivity index (χ3v) is 1.53. The molecule has 0 N–H and O–H groups in total. The van der Waals surface area contributed by atoms with Gasteiger partial charge in [-0.1, -0.05) is 17.7 Å². The van der Waals surface area contributed by atoms with Gasteiger partial charge in [-0.05, 0) is 12.1 Å². The molecule has 0 aliphatic heterocycles. The molecule has 13 heavy (non-hydrogen) atoms. The van der Waals surface area contributed by atoms with Crippen molar-refractivity contribution in [3.8, 4) is 11.5 Å². The lowest BCUT2D eigenvalue weighted by atomic mass is 10.3. The molecular weight excluding hydrogens is 209 g/mol. The zero-order valence-corrected chi connectivity index (χ0v) is 6.82. The van der Waals surface area contributed by atoms with Gasteiger partial charge in [-0.25, -0.2) is 0 Å². The van der Waals surface area contributed by atoms with Gasteiger partial charge in [-0.15, -0.1) is 13.2 Å². The Kier molecular flexibility index (Phi) is 2.56. The highest BCUT2D eigenvalue weighted by atomic mass is 35.5. The second-order valence-electron chi connectivity index (χ2n) is 2.12. The molecule has 0 unspecified atom stereocenters. The van der Waals surface area contributed by atoms with Crippen LogP contribution in [-0.4, -0.2) is 6.36 Å². The number of rotatable bonds is 1. The Morgan fingerprint density at radius 1 is 1.31 bits per heavy atom. The molecule has 71 valence electrons. The standard InChI is InChI=1S/C7H3ClF3O2/c8-6-4(12)2-1-3-5(6)13-7(9,10)11/h1-3H. The van der Waals surface area contributed by atoms with Crippen LogP contribution in [0, 0.1) is 0 Å². The van der Waals surface area contributed by atoms with Gasteiger partial charge in [-0.2, -0.15) is 0 Å². The van der Waals surface area contributed by atoms with Gasteiger partial charge in [0.05, 0.1) is 0 Å². The van der Waals surface area contributed by atoms with Crippen molar-refractivity contribution < 1.29 is 23.0 Å². The molecule has 0 aliphatic carbocycles. The van der Waals surface area contributed by atoms with E-state index in [1.54, 1.807) is 0 Å². The molecule has 0 aliphatic rings. The van der Waals surface area contributed by atoms with Crippen LogP contribution in [0.1, 0.15) is 0 Å². The van der Waals surface area contributed by atoms with Gasteiger partial charge < -0.3 is 4.74 Å². The molecule has 1 aromatic carbocycles. The van der Waals surface area contributed by atoms with Crippen molar-refractivity contribution in [2.24, 2.45) is 0 Å². The average molecular weight is 212 g/mol. The maximum Gasteiger partial charge on any atom is 0.573 e. The quantitative estimate of drug-likeness (QED) is 0.700. The first-order chi connectivity index (χ1) is 5.90. The second-order valence-corrected chi connectivity index (χ2v) is 2.49. The van der Waals surface area contributed by atoms with Gasteiger partial charge in [0, 0.05) is 0 Å². The second kappa shape index (κ2) is 3.33. The Morgan fingerprint density at radius 2 is 1.92 bits per heavy atom. The van der Waals surface area contributed by atoms with Crippen LogP contribution in [0.3, 0.4) is 0 Å². The van der Waals surface area contributed by atoms with Crippen LogP contribution in [0.5, 0.6) is 11.5 Å². The van der Waals surface area contributed by atoms with Crippen LogP contribution in [0.15, 0.2) is 18.2 Å². The summed E-state index contributed by atoms with van der Waals surface area (Å²) < 4.78 is 38.5. The topological polar surface area (TPSA) is 29.1 Å². The van der Waals surface area contributed by atoms with E-state index in [4.69, 9.17) is 11.6 Å². The van der Waals surface area contributed by atoms with Crippen LogP contribution in [0.2, 0.25) is 5.02 Å². The molecule has 1 aromatic rings. The van der Waals surface area contributed by atoms with Crippen LogP contribution in [-0.2, 0) is 5.11 Å². The molecule has 0 bridgehead atoms. The molecule has 0 saturated carbocycles. The van der Waals surface area contributed by atoms with Crippen molar-refractivity contribution in [2.45, 2.75) is 6.36 Å². The molecule has 6 heteroatoms. The zero-order valence-electron chi connectivity index (χ0n) is 6.06. The van der Waals surface area contributed by atoms with Crippen molar-refractivity contribution in [1.82, 2.24) is 0 Å². The SMILES string of the molecule is [O]c1cccc(OC(F)(F)F)c1Cl. The van der Waals surface area contributed by atoms with E-state index in [1.807, 2.05) is 0 Å². The summed E-state index contributed by atoms with van der Waals surface area (Å²) in [5.74, 6) is -1.38. The molecule has 0 spiro atoms. The van der Waals surface area contributed by atoms with Crippen molar-refractivity contribution >= 4 is 11.6 Å². The zero-order chi connectivity index (χ0) is 10.1. The highest BCUT2D eigenvalue weighted by Gasteiger charge is 2.32. The Bertz CT molecular complexity index is 311. The first-order valence-corrected chi connectivity index (χ1v) is 3.49. The number of benzene rings is 1. The third-order valence-electron chi connectivity index (χ3n) is 1.15. The predicted molar refractivity (Wildman–Crippen MR) is 38.3 cm³/mol. The Balaban J connectivity index is 2.96. The monoisotopic (exact) mass is 211 g/mol. The van der Waals surface area contributed by atoms with Gasteiger partial charge in [0.15, 0.2) is 5.75 Å². The lowest BCUT2D eigenvalue weighted by molar-refractivity contribution is -0.274. The van der Waals surface area contributed by atoms with Crippen molar-refractivity contribution in [2.75, 3.05) is 0 Å². The molecule has 0 amide bonds. The molecule has 1 rings (SSSR count). The number of hydrogen-bond donors (Lipinski definition) is 0. The van der Waals surface area contributed by atoms with Gasteiger partial charge in [0.25, 0.3) is 0 Å². The highest BCUT2D eigenvalue weighted by Crippen LogP contribution is 2.36. The average Bonchev–Trinajstić information content (AvgIpc) is 1.96. The fourth-order valence-corrected chi connectivity index (χ4v) is 0.859. The number of ether oxygens (including phenoxy) is 1. The Labute approximate surface area is 76.5 Å². The minimum atomic E-state index is -4.84. The lowest BCUT2D eigenvalue weighted by Gasteiger charge is -2.09. The number of hydrogen-bond acceptors (Lipinski definition) is 1. The van der Waals surface area contributed by atoms with Crippen molar-refractivity contribution in [3.05, 3.63) is 23.2 Å². The summed E-state index contributed by atoms with van der Waals surface area (Å²) in [6, 6.07) is 3.15. The first kappa shape index (κ1) is 9.98. The predicted octanol–water partition coefficient (Wildman–Crippen LogP) is 3.38. The molecule has 0 atom stereocenters. The van der Waals surface area contributed by atoms with Crippen LogP contribution < -0.4 is 4.74 Å². The van der Waals surface area contributed by atoms with E-state index >= 15 is 0 Å². The molecule has 2 nitrogen and oxygen atoms in total. The van der Waals surface area contributed by atoms with Gasteiger partial charge in [0.1, 0.15) is 5.02 Å². The summed E-state index contributed by atoms with van der Waals surface area (Å²) in [6.45, 7) is 0. The fourth-order valence-electron chi connectivity index (χ4n) is 0.694. The lowest BCUT2D eigenvalue weighted by Crippen LogP contribution is -2.17. The van der Waals surface area contributed by atoms with E-state index in [-0.39, 0.29) is 0 Å². The largest absolute Gasteiger partial charge is 0.573 e. The van der Waals surface area contributed by atoms with E-state index in [1.165, 1.54) is 0 Å². The Hall–Kier alpha value is -1.10. The van der Waals surface area contributed by atoms with Crippen LogP contribution in [0.4, 0.5) is 13.2 Å². The van der Waals surface area contributed by atoms with Crippen LogP contribution >= 0.6 is 11.6 Å². The Morgan fingerprint density at radius 3 is 2.46 bits per heavy atom. The maximum atomic E-state index is 11.7. The van der Waals surface area contributed by atoms with Gasteiger partial charge >= 0.3 is 6.36 Å². The van der Waals surface area contributed by atoms with Crippen LogP contribution in [0.25, 0.3) is 0 Å². The van der Waals surface area contributed by atoms with Gasteiger partial charge in [0.2, 0.25) is 5.75 Å². The summed E-state index contributed by atoms with van der Waals surface area (Å²) in [7, 11) is 0. The van der Waals surface area contributed by atoms with Crippen molar-refractivity contribution in [1.29, 1.82) is 0 Å². The molecule has 0 saturated heterocycles. The van der Waals surface area contributed by atoms with E-state index in [9.17, 15) is 18.3 Å². The molecule has 1 radical (unpaired) electrons. The smallest absolute Gasteiger partial charge is 0.404 e. The van der Waals surface area contributed by atoms with E-state index < -0.39 is 22.9 Å². The maximum absolute atomic E-state index is 11.7. The first-order valence-electron chi connectivity index (χ1n) is 3.11. The van der Waals surface area contributed by atoms with E-state index in [0.717, 1.165) is 18.2 Å². The van der Waals surface area contributed by atoms with E-state index in [2.05, 4.69) is 4.74 Å². The molecule has 0 heterocycles. The van der Waals surface area contributed by atoms with Crippen molar-refractivity contribution in [3.63, 3.8) is 0 Å². The fraction of sp³-hybridized carbons (Fsp3) is 0.143. The molecular formula is C7H3ClF3O2. The summed E-state index contributed by atoms with van der Waals surface area (Å²) in [4.78, 5) is 0.